The minimum absolute atomic E-state index is 0.0149. The zero-order valence-corrected chi connectivity index (χ0v) is 23.1. The molecule has 3 aromatic carbocycles. The van der Waals surface area contributed by atoms with E-state index in [2.05, 4.69) is 38.1 Å². The van der Waals surface area contributed by atoms with Crippen molar-refractivity contribution in [1.82, 2.24) is 26.0 Å². The van der Waals surface area contributed by atoms with Crippen LogP contribution in [0.25, 0.3) is 0 Å². The Labute approximate surface area is 239 Å². The summed E-state index contributed by atoms with van der Waals surface area (Å²) in [6.45, 7) is 4.79. The lowest BCUT2D eigenvalue weighted by molar-refractivity contribution is -0.123. The van der Waals surface area contributed by atoms with Crippen molar-refractivity contribution in [2.45, 2.75) is 13.0 Å². The average molecular weight is 566 g/mol. The van der Waals surface area contributed by atoms with E-state index < -0.39 is 0 Å². The van der Waals surface area contributed by atoms with E-state index in [1.54, 1.807) is 24.3 Å². The fourth-order valence-corrected chi connectivity index (χ4v) is 4.52. The standard InChI is InChI=1S/C29H32ClN5O3S/c30-26-9-5-4-8-24(26)20-34-15-17-35(18-16-34)21-27(36)32-33-29(39)31-28(37)23-10-12-25(13-11-23)38-19-14-22-6-2-1-3-7-22/h1-13H,14-21H2,(H,32,36)(H2,31,33,37,39). The molecule has 1 heterocycles. The molecule has 1 saturated heterocycles. The molecule has 8 nitrogen and oxygen atoms in total. The van der Waals surface area contributed by atoms with Crippen molar-refractivity contribution in [3.8, 4) is 5.75 Å². The lowest BCUT2D eigenvalue weighted by Gasteiger charge is -2.34. The Morgan fingerprint density at radius 3 is 2.23 bits per heavy atom. The van der Waals surface area contributed by atoms with Gasteiger partial charge in [-0.05, 0) is 53.7 Å². The molecule has 1 aliphatic heterocycles. The second-order valence-corrected chi connectivity index (χ2v) is 10.0. The number of rotatable bonds is 9. The van der Waals surface area contributed by atoms with Gasteiger partial charge in [0.2, 0.25) is 0 Å². The van der Waals surface area contributed by atoms with Crippen LogP contribution in [0.3, 0.4) is 0 Å². The third-order valence-corrected chi connectivity index (χ3v) is 6.92. The van der Waals surface area contributed by atoms with Crippen LogP contribution in [0.2, 0.25) is 5.02 Å². The second-order valence-electron chi connectivity index (χ2n) is 9.21. The van der Waals surface area contributed by atoms with Gasteiger partial charge in [-0.2, -0.15) is 0 Å². The highest BCUT2D eigenvalue weighted by Crippen LogP contribution is 2.18. The van der Waals surface area contributed by atoms with Crippen LogP contribution < -0.4 is 20.9 Å². The molecule has 39 heavy (non-hydrogen) atoms. The van der Waals surface area contributed by atoms with Crippen molar-refractivity contribution in [3.63, 3.8) is 0 Å². The summed E-state index contributed by atoms with van der Waals surface area (Å²) in [6.07, 6.45) is 0.800. The number of nitrogens with one attached hydrogen (secondary N) is 3. The van der Waals surface area contributed by atoms with Gasteiger partial charge < -0.3 is 4.74 Å². The van der Waals surface area contributed by atoms with Crippen LogP contribution >= 0.6 is 23.8 Å². The number of amides is 2. The third kappa shape index (κ3) is 9.33. The molecule has 0 unspecified atom stereocenters. The van der Waals surface area contributed by atoms with E-state index in [1.165, 1.54) is 5.56 Å². The Balaban J connectivity index is 1.11. The highest BCUT2D eigenvalue weighted by atomic mass is 35.5. The maximum atomic E-state index is 12.5. The number of piperazine rings is 1. The number of benzene rings is 3. The van der Waals surface area contributed by atoms with Crippen molar-refractivity contribution >= 4 is 40.7 Å². The van der Waals surface area contributed by atoms with Crippen molar-refractivity contribution in [2.24, 2.45) is 0 Å². The number of carbonyl (C=O) groups is 2. The number of thiocarbonyl (C=S) groups is 1. The van der Waals surface area contributed by atoms with Crippen LogP contribution in [-0.4, -0.2) is 66.1 Å². The van der Waals surface area contributed by atoms with Crippen LogP contribution in [0, 0.1) is 0 Å². The van der Waals surface area contributed by atoms with Crippen LogP contribution in [0.15, 0.2) is 78.9 Å². The van der Waals surface area contributed by atoms with Crippen LogP contribution in [0.1, 0.15) is 21.5 Å². The molecule has 0 atom stereocenters. The van der Waals surface area contributed by atoms with E-state index in [0.29, 0.717) is 17.9 Å². The summed E-state index contributed by atoms with van der Waals surface area (Å²) in [6, 6.07) is 24.8. The number of nitrogens with zero attached hydrogens (tertiary/aromatic N) is 2. The summed E-state index contributed by atoms with van der Waals surface area (Å²) in [7, 11) is 0. The quantitative estimate of drug-likeness (QED) is 0.271. The summed E-state index contributed by atoms with van der Waals surface area (Å²) in [5, 5.41) is 3.35. The van der Waals surface area contributed by atoms with Gasteiger partial charge in [-0.1, -0.05) is 60.1 Å². The number of hydrogen-bond acceptors (Lipinski definition) is 6. The second kappa shape index (κ2) is 14.6. The predicted molar refractivity (Wildman–Crippen MR) is 157 cm³/mol. The number of carbonyl (C=O) groups excluding carboxylic acids is 2. The summed E-state index contributed by atoms with van der Waals surface area (Å²) in [4.78, 5) is 29.3. The summed E-state index contributed by atoms with van der Waals surface area (Å²) in [5.74, 6) is 0.0653. The van der Waals surface area contributed by atoms with E-state index in [0.717, 1.165) is 49.7 Å². The van der Waals surface area contributed by atoms with E-state index >= 15 is 0 Å². The smallest absolute Gasteiger partial charge is 0.257 e. The zero-order valence-electron chi connectivity index (χ0n) is 21.6. The first-order chi connectivity index (χ1) is 19.0. The molecule has 0 radical (unpaired) electrons. The molecule has 1 aliphatic rings. The minimum atomic E-state index is -0.382. The monoisotopic (exact) mass is 565 g/mol. The Kier molecular flexibility index (Phi) is 10.7. The van der Waals surface area contributed by atoms with Crippen LogP contribution in [0.4, 0.5) is 0 Å². The predicted octanol–water partition coefficient (Wildman–Crippen LogP) is 3.41. The molecule has 3 aromatic rings. The zero-order chi connectivity index (χ0) is 27.5. The fourth-order valence-electron chi connectivity index (χ4n) is 4.18. The normalized spacial score (nSPS) is 13.9. The molecule has 2 amide bonds. The van der Waals surface area contributed by atoms with Crippen molar-refractivity contribution in [1.29, 1.82) is 0 Å². The number of halogens is 1. The van der Waals surface area contributed by atoms with Gasteiger partial charge in [0.15, 0.2) is 5.11 Å². The average Bonchev–Trinajstić information content (AvgIpc) is 2.95. The maximum Gasteiger partial charge on any atom is 0.257 e. The van der Waals surface area contributed by atoms with Crippen molar-refractivity contribution in [2.75, 3.05) is 39.3 Å². The summed E-state index contributed by atoms with van der Waals surface area (Å²) in [5.41, 5.74) is 7.89. The Morgan fingerprint density at radius 1 is 0.846 bits per heavy atom. The molecule has 4 rings (SSSR count). The molecule has 0 bridgehead atoms. The first-order valence-electron chi connectivity index (χ1n) is 12.8. The molecule has 0 spiro atoms. The topological polar surface area (TPSA) is 85.9 Å². The SMILES string of the molecule is O=C(CN1CCN(Cc2ccccc2Cl)CC1)NNC(=S)NC(=O)c1ccc(OCCc2ccccc2)cc1. The van der Waals surface area contributed by atoms with Crippen LogP contribution in [0.5, 0.6) is 5.75 Å². The van der Waals surface area contributed by atoms with E-state index in [1.807, 2.05) is 42.5 Å². The van der Waals surface area contributed by atoms with E-state index in [4.69, 9.17) is 28.6 Å². The number of ether oxygens (including phenoxy) is 1. The molecule has 1 fully saturated rings. The Bertz CT molecular complexity index is 1250. The minimum Gasteiger partial charge on any atom is -0.493 e. The number of hydrazine groups is 1. The Hall–Kier alpha value is -3.50. The largest absolute Gasteiger partial charge is 0.493 e. The first-order valence-corrected chi connectivity index (χ1v) is 13.6. The maximum absolute atomic E-state index is 12.5. The molecule has 0 saturated carbocycles. The molecular formula is C29H32ClN5O3S. The number of hydrogen-bond donors (Lipinski definition) is 3. The van der Waals surface area contributed by atoms with Gasteiger partial charge in [-0.25, -0.2) is 0 Å². The van der Waals surface area contributed by atoms with Gasteiger partial charge >= 0.3 is 0 Å². The Morgan fingerprint density at radius 2 is 1.51 bits per heavy atom. The lowest BCUT2D eigenvalue weighted by atomic mass is 10.2. The highest BCUT2D eigenvalue weighted by Gasteiger charge is 2.20. The van der Waals surface area contributed by atoms with Crippen LogP contribution in [-0.2, 0) is 17.8 Å². The van der Waals surface area contributed by atoms with Crippen molar-refractivity contribution in [3.05, 3.63) is 101 Å². The molecule has 10 heteroatoms. The molecule has 3 N–H and O–H groups in total. The van der Waals surface area contributed by atoms with Gasteiger partial charge in [-0.15, -0.1) is 0 Å². The first kappa shape index (κ1) is 28.5. The summed E-state index contributed by atoms with van der Waals surface area (Å²) < 4.78 is 5.76. The van der Waals surface area contributed by atoms with Gasteiger partial charge in [0.1, 0.15) is 5.75 Å². The summed E-state index contributed by atoms with van der Waals surface area (Å²) >= 11 is 11.4. The van der Waals surface area contributed by atoms with Crippen molar-refractivity contribution < 1.29 is 14.3 Å². The van der Waals surface area contributed by atoms with E-state index in [-0.39, 0.29) is 23.5 Å². The molecule has 0 aliphatic carbocycles. The van der Waals surface area contributed by atoms with Gasteiger partial charge in [-0.3, -0.25) is 35.6 Å². The molecule has 0 aromatic heterocycles. The lowest BCUT2D eigenvalue weighted by Crippen LogP contribution is -2.53. The highest BCUT2D eigenvalue weighted by molar-refractivity contribution is 7.80. The third-order valence-electron chi connectivity index (χ3n) is 6.35. The fraction of sp³-hybridized carbons (Fsp3) is 0.276. The molecular weight excluding hydrogens is 534 g/mol. The van der Waals surface area contributed by atoms with Gasteiger partial charge in [0, 0.05) is 49.7 Å². The van der Waals surface area contributed by atoms with E-state index in [9.17, 15) is 9.59 Å². The van der Waals surface area contributed by atoms with Gasteiger partial charge in [0.05, 0.1) is 13.2 Å². The molecule has 204 valence electrons. The van der Waals surface area contributed by atoms with Gasteiger partial charge in [0.25, 0.3) is 11.8 Å².